The molecule has 0 radical (unpaired) electrons. The monoisotopic (exact) mass is 480 g/mol. The summed E-state index contributed by atoms with van der Waals surface area (Å²) in [4.78, 5) is 35.3. The summed E-state index contributed by atoms with van der Waals surface area (Å²) in [6.45, 7) is 4.46. The highest BCUT2D eigenvalue weighted by molar-refractivity contribution is 5.68. The molecule has 0 amide bonds. The molecule has 2 aliphatic rings. The average molecular weight is 480 g/mol. The van der Waals surface area contributed by atoms with Crippen molar-refractivity contribution in [1.29, 1.82) is 0 Å². The van der Waals surface area contributed by atoms with Gasteiger partial charge in [-0.1, -0.05) is 0 Å². The number of hydrogen-bond acceptors (Lipinski definition) is 13. The number of esters is 3. The van der Waals surface area contributed by atoms with E-state index in [2.05, 4.69) is 0 Å². The van der Waals surface area contributed by atoms with Crippen molar-refractivity contribution in [2.75, 3.05) is 20.8 Å². The van der Waals surface area contributed by atoms with Crippen LogP contribution in [0.5, 0.6) is 0 Å². The first-order chi connectivity index (χ1) is 15.5. The first-order valence-electron chi connectivity index (χ1n) is 10.4. The largest absolute Gasteiger partial charge is 0.456 e. The number of carbonyl (C=O) groups excluding carboxylic acids is 3. The van der Waals surface area contributed by atoms with Crippen LogP contribution in [0, 0.1) is 0 Å². The predicted molar refractivity (Wildman–Crippen MR) is 105 cm³/mol. The van der Waals surface area contributed by atoms with Crippen LogP contribution >= 0.6 is 0 Å². The molecule has 2 heterocycles. The maximum atomic E-state index is 11.8. The number of carbonyl (C=O) groups is 3. The smallest absolute Gasteiger partial charge is 0.303 e. The van der Waals surface area contributed by atoms with Gasteiger partial charge in [0.25, 0.3) is 0 Å². The van der Waals surface area contributed by atoms with Crippen molar-refractivity contribution >= 4 is 17.9 Å². The van der Waals surface area contributed by atoms with Crippen molar-refractivity contribution in [3.8, 4) is 0 Å². The van der Waals surface area contributed by atoms with Crippen molar-refractivity contribution in [2.45, 2.75) is 89.1 Å². The Balaban J connectivity index is 2.41. The van der Waals surface area contributed by atoms with Crippen LogP contribution in [-0.4, -0.2) is 110 Å². The normalized spacial score (nSPS) is 38.9. The highest BCUT2D eigenvalue weighted by Crippen LogP contribution is 2.33. The standard InChI is InChI=1S/C20H32O13/c1-8-13(29-9(2)22)16(30-10(3)23)18(31-11(4)24)20(28-8)33-14-12(7-21)32-19(25)17(27-6)15(14)26-5/h8,12-21,25H,7H2,1-6H3/t8-,12+,13-,14-,15-,16+,17+,18+,19-,20-/m0/s1. The van der Waals surface area contributed by atoms with E-state index in [4.69, 9.17) is 37.9 Å². The van der Waals surface area contributed by atoms with Gasteiger partial charge in [0.1, 0.15) is 24.4 Å². The molecule has 2 N–H and O–H groups in total. The summed E-state index contributed by atoms with van der Waals surface area (Å²) in [7, 11) is 2.69. The van der Waals surface area contributed by atoms with Crippen LogP contribution in [0.4, 0.5) is 0 Å². The molecule has 2 fully saturated rings. The summed E-state index contributed by atoms with van der Waals surface area (Å²) in [6.07, 6.45) is -11.3. The second-order valence-electron chi connectivity index (χ2n) is 7.68. The molecule has 0 aromatic heterocycles. The maximum absolute atomic E-state index is 11.8. The summed E-state index contributed by atoms with van der Waals surface area (Å²) in [5.41, 5.74) is 0. The number of ether oxygens (including phenoxy) is 8. The lowest BCUT2D eigenvalue weighted by Crippen LogP contribution is -2.65. The van der Waals surface area contributed by atoms with Crippen molar-refractivity contribution in [3.05, 3.63) is 0 Å². The van der Waals surface area contributed by atoms with Crippen LogP contribution in [-0.2, 0) is 52.3 Å². The quantitative estimate of drug-likeness (QED) is 0.310. The second kappa shape index (κ2) is 12.0. The Morgan fingerprint density at radius 1 is 0.758 bits per heavy atom. The molecule has 2 aliphatic heterocycles. The lowest BCUT2D eigenvalue weighted by atomic mass is 9.96. The summed E-state index contributed by atoms with van der Waals surface area (Å²) in [6, 6.07) is 0. The van der Waals surface area contributed by atoms with E-state index in [1.165, 1.54) is 21.1 Å². The van der Waals surface area contributed by atoms with Crippen LogP contribution in [0.15, 0.2) is 0 Å². The molecule has 190 valence electrons. The van der Waals surface area contributed by atoms with Crippen molar-refractivity contribution in [1.82, 2.24) is 0 Å². The van der Waals surface area contributed by atoms with Crippen LogP contribution in [0.25, 0.3) is 0 Å². The van der Waals surface area contributed by atoms with Gasteiger partial charge in [0.05, 0.1) is 12.7 Å². The van der Waals surface area contributed by atoms with Crippen LogP contribution in [0.3, 0.4) is 0 Å². The highest BCUT2D eigenvalue weighted by atomic mass is 16.8. The van der Waals surface area contributed by atoms with Gasteiger partial charge in [-0.25, -0.2) is 0 Å². The van der Waals surface area contributed by atoms with Gasteiger partial charge >= 0.3 is 17.9 Å². The third-order valence-electron chi connectivity index (χ3n) is 5.26. The Morgan fingerprint density at radius 3 is 1.76 bits per heavy atom. The molecule has 13 heteroatoms. The molecule has 0 saturated carbocycles. The lowest BCUT2D eigenvalue weighted by Gasteiger charge is -2.48. The van der Waals surface area contributed by atoms with Crippen LogP contribution < -0.4 is 0 Å². The minimum Gasteiger partial charge on any atom is -0.456 e. The SMILES string of the molecule is CO[C@@H]1[C@@H](OC)[C@@H](O)O[C@H](CO)[C@@H]1O[C@@H]1O[C@@H](C)[C@H](OC(C)=O)[C@@H](OC(C)=O)[C@H]1OC(C)=O. The van der Waals surface area contributed by atoms with Gasteiger partial charge in [-0.2, -0.15) is 0 Å². The van der Waals surface area contributed by atoms with E-state index in [0.29, 0.717) is 0 Å². The van der Waals surface area contributed by atoms with Crippen molar-refractivity contribution in [3.63, 3.8) is 0 Å². The summed E-state index contributed by atoms with van der Waals surface area (Å²) in [5.74, 6) is -2.11. The van der Waals surface area contributed by atoms with Crippen molar-refractivity contribution in [2.24, 2.45) is 0 Å². The zero-order valence-electron chi connectivity index (χ0n) is 19.4. The molecule has 0 bridgehead atoms. The Bertz CT molecular complexity index is 685. The maximum Gasteiger partial charge on any atom is 0.303 e. The molecule has 13 nitrogen and oxygen atoms in total. The Labute approximate surface area is 191 Å². The van der Waals surface area contributed by atoms with Gasteiger partial charge < -0.3 is 48.1 Å². The second-order valence-corrected chi connectivity index (χ2v) is 7.68. The molecule has 0 unspecified atom stereocenters. The minimum absolute atomic E-state index is 0.554. The first-order valence-corrected chi connectivity index (χ1v) is 10.4. The topological polar surface area (TPSA) is 166 Å². The molecule has 10 atom stereocenters. The summed E-state index contributed by atoms with van der Waals surface area (Å²) in [5, 5.41) is 20.0. The van der Waals surface area contributed by atoms with E-state index in [1.807, 2.05) is 0 Å². The van der Waals surface area contributed by atoms with Gasteiger partial charge in [0.15, 0.2) is 30.9 Å². The number of rotatable bonds is 8. The molecule has 33 heavy (non-hydrogen) atoms. The molecule has 0 aromatic rings. The third kappa shape index (κ3) is 6.59. The molecule has 2 saturated heterocycles. The Morgan fingerprint density at radius 2 is 1.27 bits per heavy atom. The van der Waals surface area contributed by atoms with E-state index in [-0.39, 0.29) is 0 Å². The van der Waals surface area contributed by atoms with Crippen LogP contribution in [0.2, 0.25) is 0 Å². The van der Waals surface area contributed by atoms with E-state index < -0.39 is 85.9 Å². The van der Waals surface area contributed by atoms with Gasteiger partial charge in [-0.3, -0.25) is 14.4 Å². The van der Waals surface area contributed by atoms with Gasteiger partial charge in [-0.15, -0.1) is 0 Å². The van der Waals surface area contributed by atoms with E-state index >= 15 is 0 Å². The molecular weight excluding hydrogens is 448 g/mol. The number of aliphatic hydroxyl groups excluding tert-OH is 2. The average Bonchev–Trinajstić information content (AvgIpc) is 2.72. The molecule has 0 spiro atoms. The summed E-state index contributed by atoms with van der Waals surface area (Å²) >= 11 is 0. The van der Waals surface area contributed by atoms with Gasteiger partial charge in [0.2, 0.25) is 0 Å². The molecule has 0 aromatic carbocycles. The fourth-order valence-corrected chi connectivity index (χ4v) is 3.96. The highest BCUT2D eigenvalue weighted by Gasteiger charge is 2.54. The zero-order chi connectivity index (χ0) is 24.9. The summed E-state index contributed by atoms with van der Waals surface area (Å²) < 4.78 is 43.9. The number of aliphatic hydroxyl groups is 2. The zero-order valence-corrected chi connectivity index (χ0v) is 19.4. The molecular formula is C20H32O13. The third-order valence-corrected chi connectivity index (χ3v) is 5.26. The van der Waals surface area contributed by atoms with Crippen molar-refractivity contribution < 1.29 is 62.5 Å². The lowest BCUT2D eigenvalue weighted by molar-refractivity contribution is -0.356. The molecule has 0 aliphatic carbocycles. The fourth-order valence-electron chi connectivity index (χ4n) is 3.96. The predicted octanol–water partition coefficient (Wildman–Crippen LogP) is -1.35. The fraction of sp³-hybridized carbons (Fsp3) is 0.850. The number of hydrogen-bond donors (Lipinski definition) is 2. The Kier molecular flexibility index (Phi) is 9.97. The van der Waals surface area contributed by atoms with Gasteiger partial charge in [0, 0.05) is 35.0 Å². The van der Waals surface area contributed by atoms with E-state index in [1.54, 1.807) is 6.92 Å². The van der Waals surface area contributed by atoms with Crippen LogP contribution in [0.1, 0.15) is 27.7 Å². The van der Waals surface area contributed by atoms with E-state index in [0.717, 1.165) is 13.8 Å². The number of methoxy groups -OCH3 is 2. The molecule has 2 rings (SSSR count). The van der Waals surface area contributed by atoms with Gasteiger partial charge in [-0.05, 0) is 6.92 Å². The minimum atomic E-state index is -1.41. The Hall–Kier alpha value is -1.87. The van der Waals surface area contributed by atoms with E-state index in [9.17, 15) is 24.6 Å². The first kappa shape index (κ1) is 27.4.